The highest BCUT2D eigenvalue weighted by Gasteiger charge is 2.43. The molecule has 0 bridgehead atoms. The van der Waals surface area contributed by atoms with E-state index >= 15 is 0 Å². The molecular formula is C16H19N5OS. The fourth-order valence-corrected chi connectivity index (χ4v) is 3.40. The first-order valence-corrected chi connectivity index (χ1v) is 8.48. The van der Waals surface area contributed by atoms with Crippen molar-refractivity contribution in [3.8, 4) is 0 Å². The molecule has 1 amide bonds. The van der Waals surface area contributed by atoms with Crippen LogP contribution >= 0.6 is 12.2 Å². The Labute approximate surface area is 139 Å². The van der Waals surface area contributed by atoms with Crippen molar-refractivity contribution < 1.29 is 4.79 Å². The summed E-state index contributed by atoms with van der Waals surface area (Å²) in [5, 5.41) is 10.2. The summed E-state index contributed by atoms with van der Waals surface area (Å²) in [6.07, 6.45) is 7.57. The zero-order chi connectivity index (χ0) is 15.8. The van der Waals surface area contributed by atoms with Crippen LogP contribution in [-0.4, -0.2) is 32.2 Å². The molecular weight excluding hydrogens is 310 g/mol. The summed E-state index contributed by atoms with van der Waals surface area (Å²) in [7, 11) is 0. The number of pyridine rings is 1. The third kappa shape index (κ3) is 3.06. The highest BCUT2D eigenvalue weighted by Crippen LogP contribution is 2.47. The third-order valence-corrected chi connectivity index (χ3v) is 4.87. The van der Waals surface area contributed by atoms with Crippen molar-refractivity contribution in [3.63, 3.8) is 0 Å². The Kier molecular flexibility index (Phi) is 3.72. The highest BCUT2D eigenvalue weighted by atomic mass is 32.1. The molecule has 2 heterocycles. The van der Waals surface area contributed by atoms with Crippen LogP contribution in [0.5, 0.6) is 0 Å². The lowest BCUT2D eigenvalue weighted by molar-refractivity contribution is -0.122. The Hall–Kier alpha value is -2.02. The first-order valence-electron chi connectivity index (χ1n) is 8.07. The number of nitrogens with zero attached hydrogens (tertiary/aromatic N) is 3. The molecule has 2 aromatic rings. The molecule has 0 unspecified atom stereocenters. The van der Waals surface area contributed by atoms with Gasteiger partial charge in [0.15, 0.2) is 4.77 Å². The van der Waals surface area contributed by atoms with E-state index in [1.807, 2.05) is 18.3 Å². The normalized spacial score (nSPS) is 22.8. The average Bonchev–Trinajstić information content (AvgIpc) is 3.48. The van der Waals surface area contributed by atoms with Gasteiger partial charge in [-0.15, -0.1) is 0 Å². The molecule has 6 nitrogen and oxygen atoms in total. The second kappa shape index (κ2) is 5.88. The number of carbonyl (C=O) groups is 1. The molecule has 0 saturated heterocycles. The fraction of sp³-hybridized carbons (Fsp3) is 0.500. The minimum absolute atomic E-state index is 0.0865. The maximum absolute atomic E-state index is 12.2. The Bertz CT molecular complexity index is 764. The molecule has 23 heavy (non-hydrogen) atoms. The number of H-pyrrole nitrogens is 1. The summed E-state index contributed by atoms with van der Waals surface area (Å²) in [5.41, 5.74) is 1.15. The Balaban J connectivity index is 1.29. The molecule has 0 aromatic carbocycles. The van der Waals surface area contributed by atoms with E-state index in [0.717, 1.165) is 17.8 Å². The number of amides is 1. The van der Waals surface area contributed by atoms with Crippen LogP contribution in [0.2, 0.25) is 0 Å². The van der Waals surface area contributed by atoms with Crippen molar-refractivity contribution in [2.24, 2.45) is 5.92 Å². The van der Waals surface area contributed by atoms with Crippen molar-refractivity contribution in [1.29, 1.82) is 0 Å². The first-order chi connectivity index (χ1) is 11.2. The lowest BCUT2D eigenvalue weighted by Gasteiger charge is -2.06. The van der Waals surface area contributed by atoms with Gasteiger partial charge in [-0.05, 0) is 49.0 Å². The molecule has 2 fully saturated rings. The van der Waals surface area contributed by atoms with Gasteiger partial charge in [0.25, 0.3) is 0 Å². The average molecular weight is 329 g/mol. The SMILES string of the molecule is O=C(NCCc1n[nH]c(=S)n1C1CC1)[C@@H]1C[C@@H]1c1cccnc1. The molecule has 120 valence electrons. The molecule has 4 rings (SSSR count). The maximum Gasteiger partial charge on any atom is 0.223 e. The van der Waals surface area contributed by atoms with E-state index in [9.17, 15) is 4.79 Å². The number of nitrogens with one attached hydrogen (secondary N) is 2. The molecule has 2 N–H and O–H groups in total. The second-order valence-corrected chi connectivity index (χ2v) is 6.71. The number of aromatic nitrogens is 4. The van der Waals surface area contributed by atoms with Gasteiger partial charge >= 0.3 is 0 Å². The number of rotatable bonds is 6. The maximum atomic E-state index is 12.2. The molecule has 2 aromatic heterocycles. The summed E-state index contributed by atoms with van der Waals surface area (Å²) >= 11 is 5.26. The van der Waals surface area contributed by atoms with Crippen LogP contribution < -0.4 is 5.32 Å². The summed E-state index contributed by atoms with van der Waals surface area (Å²) in [5.74, 6) is 1.48. The van der Waals surface area contributed by atoms with Crippen molar-refractivity contribution in [2.75, 3.05) is 6.54 Å². The summed E-state index contributed by atoms with van der Waals surface area (Å²) in [6.45, 7) is 0.599. The van der Waals surface area contributed by atoms with E-state index < -0.39 is 0 Å². The molecule has 0 spiro atoms. The van der Waals surface area contributed by atoms with Crippen molar-refractivity contribution in [1.82, 2.24) is 25.1 Å². The van der Waals surface area contributed by atoms with Gasteiger partial charge < -0.3 is 9.88 Å². The number of carbonyl (C=O) groups excluding carboxylic acids is 1. The van der Waals surface area contributed by atoms with Crippen LogP contribution in [0.3, 0.4) is 0 Å². The largest absolute Gasteiger partial charge is 0.355 e. The van der Waals surface area contributed by atoms with Crippen LogP contribution in [-0.2, 0) is 11.2 Å². The summed E-state index contributed by atoms with van der Waals surface area (Å²) < 4.78 is 2.78. The topological polar surface area (TPSA) is 75.6 Å². The van der Waals surface area contributed by atoms with Gasteiger partial charge in [0, 0.05) is 37.3 Å². The Morgan fingerprint density at radius 3 is 3.09 bits per heavy atom. The Morgan fingerprint density at radius 2 is 2.35 bits per heavy atom. The van der Waals surface area contributed by atoms with Gasteiger partial charge in [0.05, 0.1) is 0 Å². The molecule has 2 aliphatic rings. The quantitative estimate of drug-likeness (QED) is 0.796. The van der Waals surface area contributed by atoms with E-state index in [1.54, 1.807) is 6.20 Å². The molecule has 2 saturated carbocycles. The van der Waals surface area contributed by atoms with E-state index in [1.165, 1.54) is 12.8 Å². The van der Waals surface area contributed by atoms with Gasteiger partial charge in [-0.3, -0.25) is 14.9 Å². The van der Waals surface area contributed by atoms with Gasteiger partial charge in [-0.2, -0.15) is 5.10 Å². The minimum atomic E-state index is 0.0865. The van der Waals surface area contributed by atoms with Gasteiger partial charge in [-0.25, -0.2) is 0 Å². The summed E-state index contributed by atoms with van der Waals surface area (Å²) in [4.78, 5) is 16.3. The van der Waals surface area contributed by atoms with Gasteiger partial charge in [-0.1, -0.05) is 6.07 Å². The van der Waals surface area contributed by atoms with E-state index in [4.69, 9.17) is 12.2 Å². The molecule has 0 aliphatic heterocycles. The minimum Gasteiger partial charge on any atom is -0.355 e. The molecule has 7 heteroatoms. The standard InChI is InChI=1S/C16H19N5OS/c22-15(13-8-12(13)10-2-1-6-17-9-10)18-7-5-14-19-20-16(23)21(14)11-3-4-11/h1-2,6,9,11-13H,3-5,7-8H2,(H,18,22)(H,20,23)/t12-,13-/m1/s1. The zero-order valence-corrected chi connectivity index (χ0v) is 13.6. The van der Waals surface area contributed by atoms with Crippen molar-refractivity contribution >= 4 is 18.1 Å². The van der Waals surface area contributed by atoms with Crippen LogP contribution in [0.15, 0.2) is 24.5 Å². The predicted octanol–water partition coefficient (Wildman–Crippen LogP) is 2.13. The number of aromatic amines is 1. The molecule has 2 aliphatic carbocycles. The number of hydrogen-bond acceptors (Lipinski definition) is 4. The predicted molar refractivity (Wildman–Crippen MR) is 87.5 cm³/mol. The van der Waals surface area contributed by atoms with Crippen LogP contribution in [0.4, 0.5) is 0 Å². The highest BCUT2D eigenvalue weighted by molar-refractivity contribution is 7.71. The molecule has 2 atom stereocenters. The van der Waals surface area contributed by atoms with E-state index in [-0.39, 0.29) is 11.8 Å². The van der Waals surface area contributed by atoms with E-state index in [2.05, 4.69) is 25.1 Å². The van der Waals surface area contributed by atoms with Crippen molar-refractivity contribution in [2.45, 2.75) is 37.6 Å². The van der Waals surface area contributed by atoms with Crippen LogP contribution in [0.1, 0.15) is 42.6 Å². The van der Waals surface area contributed by atoms with Crippen LogP contribution in [0.25, 0.3) is 0 Å². The first kappa shape index (κ1) is 14.6. The van der Waals surface area contributed by atoms with Crippen LogP contribution in [0, 0.1) is 10.7 Å². The van der Waals surface area contributed by atoms with Gasteiger partial charge in [0.1, 0.15) is 5.82 Å². The second-order valence-electron chi connectivity index (χ2n) is 6.32. The third-order valence-electron chi connectivity index (χ3n) is 4.58. The van der Waals surface area contributed by atoms with Crippen molar-refractivity contribution in [3.05, 3.63) is 40.7 Å². The monoisotopic (exact) mass is 329 g/mol. The van der Waals surface area contributed by atoms with E-state index in [0.29, 0.717) is 29.7 Å². The van der Waals surface area contributed by atoms with Gasteiger partial charge in [0.2, 0.25) is 5.91 Å². The zero-order valence-electron chi connectivity index (χ0n) is 12.7. The lowest BCUT2D eigenvalue weighted by Crippen LogP contribution is -2.28. The lowest BCUT2D eigenvalue weighted by atomic mass is 10.1. The number of hydrogen-bond donors (Lipinski definition) is 2. The molecule has 0 radical (unpaired) electrons. The summed E-state index contributed by atoms with van der Waals surface area (Å²) in [6, 6.07) is 4.46. The Morgan fingerprint density at radius 1 is 1.48 bits per heavy atom. The fourth-order valence-electron chi connectivity index (χ4n) is 3.10. The smallest absolute Gasteiger partial charge is 0.223 e.